The topological polar surface area (TPSA) is 28.2 Å². The average molecular weight is 293 g/mol. The van der Waals surface area contributed by atoms with Gasteiger partial charge in [0, 0.05) is 23.5 Å². The second-order valence-electron chi connectivity index (χ2n) is 6.03. The van der Waals surface area contributed by atoms with Crippen LogP contribution in [0.1, 0.15) is 69.0 Å². The molecule has 0 aromatic carbocycles. The highest BCUT2D eigenvalue weighted by Crippen LogP contribution is 2.39. The predicted octanol–water partition coefficient (Wildman–Crippen LogP) is 3.90. The van der Waals surface area contributed by atoms with Crippen LogP contribution in [0.15, 0.2) is 0 Å². The van der Waals surface area contributed by atoms with E-state index in [2.05, 4.69) is 24.1 Å². The van der Waals surface area contributed by atoms with Gasteiger partial charge in [-0.15, -0.1) is 0 Å². The first-order valence-corrected chi connectivity index (χ1v) is 9.14. The van der Waals surface area contributed by atoms with E-state index in [1.165, 1.54) is 60.6 Å². The van der Waals surface area contributed by atoms with Crippen molar-refractivity contribution in [2.75, 3.05) is 18.0 Å². The molecule has 0 spiro atoms. The fourth-order valence-corrected chi connectivity index (χ4v) is 5.09. The fourth-order valence-electron chi connectivity index (χ4n) is 3.74. The normalized spacial score (nSPS) is 23.0. The summed E-state index contributed by atoms with van der Waals surface area (Å²) in [7, 11) is 0. The molecule has 1 fully saturated rings. The van der Waals surface area contributed by atoms with Crippen LogP contribution in [-0.4, -0.2) is 24.1 Å². The van der Waals surface area contributed by atoms with Gasteiger partial charge in [0.25, 0.3) is 0 Å². The van der Waals surface area contributed by atoms with Crippen molar-refractivity contribution < 1.29 is 0 Å². The molecule has 20 heavy (non-hydrogen) atoms. The maximum atomic E-state index is 5.00. The number of hydrogen-bond donors (Lipinski definition) is 1. The van der Waals surface area contributed by atoms with Crippen LogP contribution in [0.25, 0.3) is 0 Å². The summed E-state index contributed by atoms with van der Waals surface area (Å²) in [4.78, 5) is 9.09. The van der Waals surface area contributed by atoms with Gasteiger partial charge >= 0.3 is 0 Å². The van der Waals surface area contributed by atoms with Gasteiger partial charge < -0.3 is 10.2 Å². The van der Waals surface area contributed by atoms with Crippen molar-refractivity contribution in [3.63, 3.8) is 0 Å². The van der Waals surface area contributed by atoms with Crippen LogP contribution in [-0.2, 0) is 6.42 Å². The minimum atomic E-state index is 0.553. The van der Waals surface area contributed by atoms with E-state index in [9.17, 15) is 0 Å². The molecule has 0 aliphatic heterocycles. The molecule has 3 rings (SSSR count). The molecule has 1 heterocycles. The fraction of sp³-hybridized carbons (Fsp3) is 0.812. The maximum Gasteiger partial charge on any atom is 0.186 e. The van der Waals surface area contributed by atoms with Crippen LogP contribution < -0.4 is 10.2 Å². The first-order valence-electron chi connectivity index (χ1n) is 8.33. The standard InChI is InChI=1S/C16H27N3S/c1-3-17-13-10-7-11-14-15(13)20-16(18-14)19(4-2)12-8-5-6-9-12/h12-13,17H,3-11H2,1-2H3. The highest BCUT2D eigenvalue weighted by atomic mass is 32.1. The molecule has 2 aliphatic carbocycles. The lowest BCUT2D eigenvalue weighted by Gasteiger charge is -2.27. The van der Waals surface area contributed by atoms with Crippen molar-refractivity contribution >= 4 is 16.5 Å². The van der Waals surface area contributed by atoms with Gasteiger partial charge in [-0.25, -0.2) is 4.98 Å². The summed E-state index contributed by atoms with van der Waals surface area (Å²) in [5, 5.41) is 4.92. The molecule has 3 nitrogen and oxygen atoms in total. The molecule has 2 aliphatic rings. The largest absolute Gasteiger partial charge is 0.345 e. The number of anilines is 1. The molecule has 0 saturated heterocycles. The van der Waals surface area contributed by atoms with Crippen molar-refractivity contribution in [2.24, 2.45) is 0 Å². The zero-order valence-electron chi connectivity index (χ0n) is 12.8. The third kappa shape index (κ3) is 2.73. The summed E-state index contributed by atoms with van der Waals surface area (Å²) in [5.74, 6) is 0. The molecule has 0 bridgehead atoms. The maximum absolute atomic E-state index is 5.00. The number of thiazole rings is 1. The third-order valence-electron chi connectivity index (χ3n) is 4.74. The highest BCUT2D eigenvalue weighted by Gasteiger charge is 2.28. The number of aryl methyl sites for hydroxylation is 1. The Hall–Kier alpha value is -0.610. The number of rotatable bonds is 5. The number of fused-ring (bicyclic) bond motifs is 1. The number of nitrogens with one attached hydrogen (secondary N) is 1. The van der Waals surface area contributed by atoms with Gasteiger partial charge in [-0.2, -0.15) is 0 Å². The average Bonchev–Trinajstić information content (AvgIpc) is 3.10. The number of nitrogens with zero attached hydrogens (tertiary/aromatic N) is 2. The summed E-state index contributed by atoms with van der Waals surface area (Å²) in [6.45, 7) is 6.63. The van der Waals surface area contributed by atoms with E-state index in [1.54, 1.807) is 0 Å². The van der Waals surface area contributed by atoms with Crippen LogP contribution in [0.4, 0.5) is 5.13 Å². The van der Waals surface area contributed by atoms with Gasteiger partial charge in [-0.3, -0.25) is 0 Å². The Bertz CT molecular complexity index is 437. The van der Waals surface area contributed by atoms with E-state index in [4.69, 9.17) is 4.98 Å². The Labute approximate surface area is 126 Å². The lowest BCUT2D eigenvalue weighted by molar-refractivity contribution is 0.476. The van der Waals surface area contributed by atoms with Crippen LogP contribution >= 0.6 is 11.3 Å². The molecular formula is C16H27N3S. The van der Waals surface area contributed by atoms with Crippen LogP contribution in [0.2, 0.25) is 0 Å². The second kappa shape index (κ2) is 6.44. The first kappa shape index (κ1) is 14.3. The zero-order valence-corrected chi connectivity index (χ0v) is 13.6. The molecule has 1 aromatic heterocycles. The Morgan fingerprint density at radius 2 is 2.00 bits per heavy atom. The van der Waals surface area contributed by atoms with Gasteiger partial charge in [0.1, 0.15) is 0 Å². The molecule has 112 valence electrons. The Kier molecular flexibility index (Phi) is 4.61. The van der Waals surface area contributed by atoms with E-state index >= 15 is 0 Å². The molecule has 1 saturated carbocycles. The van der Waals surface area contributed by atoms with Gasteiger partial charge in [-0.1, -0.05) is 31.1 Å². The van der Waals surface area contributed by atoms with E-state index in [0.717, 1.165) is 19.1 Å². The van der Waals surface area contributed by atoms with Crippen molar-refractivity contribution in [3.05, 3.63) is 10.6 Å². The summed E-state index contributed by atoms with van der Waals surface area (Å²) < 4.78 is 0. The van der Waals surface area contributed by atoms with E-state index in [0.29, 0.717) is 6.04 Å². The summed E-state index contributed by atoms with van der Waals surface area (Å²) >= 11 is 1.96. The lowest BCUT2D eigenvalue weighted by atomic mass is 9.98. The number of hydrogen-bond acceptors (Lipinski definition) is 4. The first-order chi connectivity index (χ1) is 9.83. The van der Waals surface area contributed by atoms with Crippen molar-refractivity contribution in [3.8, 4) is 0 Å². The highest BCUT2D eigenvalue weighted by molar-refractivity contribution is 7.15. The van der Waals surface area contributed by atoms with Crippen molar-refractivity contribution in [1.29, 1.82) is 0 Å². The molecule has 0 radical (unpaired) electrons. The summed E-state index contributed by atoms with van der Waals surface area (Å²) in [5.41, 5.74) is 1.37. The minimum Gasteiger partial charge on any atom is -0.345 e. The summed E-state index contributed by atoms with van der Waals surface area (Å²) in [6, 6.07) is 1.29. The van der Waals surface area contributed by atoms with Gasteiger partial charge in [-0.05, 0) is 45.6 Å². The number of aromatic nitrogens is 1. The SMILES string of the molecule is CCNC1CCCc2nc(N(CC)C3CCCC3)sc21. The van der Waals surface area contributed by atoms with Crippen LogP contribution in [0.3, 0.4) is 0 Å². The van der Waals surface area contributed by atoms with Crippen molar-refractivity contribution in [1.82, 2.24) is 10.3 Å². The van der Waals surface area contributed by atoms with Crippen molar-refractivity contribution in [2.45, 2.75) is 70.9 Å². The Morgan fingerprint density at radius 3 is 2.70 bits per heavy atom. The smallest absolute Gasteiger partial charge is 0.186 e. The van der Waals surface area contributed by atoms with Crippen LogP contribution in [0.5, 0.6) is 0 Å². The molecule has 1 N–H and O–H groups in total. The predicted molar refractivity (Wildman–Crippen MR) is 86.7 cm³/mol. The van der Waals surface area contributed by atoms with E-state index in [-0.39, 0.29) is 0 Å². The van der Waals surface area contributed by atoms with E-state index < -0.39 is 0 Å². The van der Waals surface area contributed by atoms with Gasteiger partial charge in [0.15, 0.2) is 5.13 Å². The molecule has 1 atom stereocenters. The second-order valence-corrected chi connectivity index (χ2v) is 7.04. The monoisotopic (exact) mass is 293 g/mol. The quantitative estimate of drug-likeness (QED) is 0.892. The molecule has 4 heteroatoms. The minimum absolute atomic E-state index is 0.553. The lowest BCUT2D eigenvalue weighted by Crippen LogP contribution is -2.32. The molecule has 1 unspecified atom stereocenters. The van der Waals surface area contributed by atoms with Gasteiger partial charge in [0.05, 0.1) is 5.69 Å². The zero-order chi connectivity index (χ0) is 13.9. The molecular weight excluding hydrogens is 266 g/mol. The van der Waals surface area contributed by atoms with Crippen LogP contribution in [0, 0.1) is 0 Å². The Balaban J connectivity index is 1.83. The summed E-state index contributed by atoms with van der Waals surface area (Å²) in [6.07, 6.45) is 9.24. The Morgan fingerprint density at radius 1 is 1.20 bits per heavy atom. The third-order valence-corrected chi connectivity index (χ3v) is 5.99. The van der Waals surface area contributed by atoms with Gasteiger partial charge in [0.2, 0.25) is 0 Å². The molecule has 1 aromatic rings. The van der Waals surface area contributed by atoms with E-state index in [1.807, 2.05) is 11.3 Å². The molecule has 0 amide bonds.